The molecular weight excluding hydrogens is 356 g/mol. The SMILES string of the molecule is CC(C)(C)NC(=O)CNc1ncnc2cc(-c3ccc(Cl)cc3)sc12. The second kappa shape index (κ2) is 6.98. The van der Waals surface area contributed by atoms with Crippen molar-refractivity contribution in [2.75, 3.05) is 11.9 Å². The van der Waals surface area contributed by atoms with Gasteiger partial charge in [-0.2, -0.15) is 0 Å². The van der Waals surface area contributed by atoms with Gasteiger partial charge in [0.05, 0.1) is 16.8 Å². The number of aromatic nitrogens is 2. The van der Waals surface area contributed by atoms with E-state index in [-0.39, 0.29) is 18.0 Å². The van der Waals surface area contributed by atoms with E-state index in [0.29, 0.717) is 10.8 Å². The molecule has 0 aliphatic heterocycles. The number of benzene rings is 1. The van der Waals surface area contributed by atoms with Crippen molar-refractivity contribution in [3.8, 4) is 10.4 Å². The fourth-order valence-electron chi connectivity index (χ4n) is 2.36. The van der Waals surface area contributed by atoms with Gasteiger partial charge in [0.1, 0.15) is 12.1 Å². The number of hydrogen-bond donors (Lipinski definition) is 2. The summed E-state index contributed by atoms with van der Waals surface area (Å²) in [5, 5.41) is 6.74. The molecule has 2 heterocycles. The van der Waals surface area contributed by atoms with Gasteiger partial charge in [-0.1, -0.05) is 23.7 Å². The molecule has 25 heavy (non-hydrogen) atoms. The average Bonchev–Trinajstić information content (AvgIpc) is 2.96. The maximum absolute atomic E-state index is 12.0. The van der Waals surface area contributed by atoms with Crippen molar-refractivity contribution in [2.45, 2.75) is 26.3 Å². The number of thiophene rings is 1. The lowest BCUT2D eigenvalue weighted by Gasteiger charge is -2.20. The van der Waals surface area contributed by atoms with Crippen LogP contribution in [0, 0.1) is 0 Å². The molecule has 1 amide bonds. The van der Waals surface area contributed by atoms with Crippen molar-refractivity contribution in [1.29, 1.82) is 0 Å². The molecule has 3 rings (SSSR count). The highest BCUT2D eigenvalue weighted by atomic mass is 35.5. The smallest absolute Gasteiger partial charge is 0.239 e. The number of hydrogen-bond acceptors (Lipinski definition) is 5. The van der Waals surface area contributed by atoms with Crippen LogP contribution in [-0.4, -0.2) is 28.0 Å². The molecule has 0 fully saturated rings. The third kappa shape index (κ3) is 4.46. The third-order valence-corrected chi connectivity index (χ3v) is 4.80. The number of carbonyl (C=O) groups is 1. The van der Waals surface area contributed by atoms with Crippen LogP contribution in [0.25, 0.3) is 20.7 Å². The number of rotatable bonds is 4. The Hall–Kier alpha value is -2.18. The molecule has 3 aromatic rings. The van der Waals surface area contributed by atoms with Crippen molar-refractivity contribution in [3.63, 3.8) is 0 Å². The zero-order valence-corrected chi connectivity index (χ0v) is 15.8. The summed E-state index contributed by atoms with van der Waals surface area (Å²) in [6, 6.07) is 9.70. The molecule has 7 heteroatoms. The highest BCUT2D eigenvalue weighted by Gasteiger charge is 2.15. The number of nitrogens with zero attached hydrogens (tertiary/aromatic N) is 2. The zero-order chi connectivity index (χ0) is 18.0. The average molecular weight is 375 g/mol. The summed E-state index contributed by atoms with van der Waals surface area (Å²) in [5.41, 5.74) is 1.66. The number of amides is 1. The Kier molecular flexibility index (Phi) is 4.92. The van der Waals surface area contributed by atoms with E-state index in [9.17, 15) is 4.79 Å². The highest BCUT2D eigenvalue weighted by molar-refractivity contribution is 7.22. The summed E-state index contributed by atoms with van der Waals surface area (Å²) >= 11 is 7.54. The predicted molar refractivity (Wildman–Crippen MR) is 104 cm³/mol. The summed E-state index contributed by atoms with van der Waals surface area (Å²) in [6.45, 7) is 6.01. The fraction of sp³-hybridized carbons (Fsp3) is 0.278. The van der Waals surface area contributed by atoms with Crippen molar-refractivity contribution in [3.05, 3.63) is 41.7 Å². The molecule has 0 radical (unpaired) electrons. The van der Waals surface area contributed by atoms with Gasteiger partial charge in [-0.05, 0) is 44.5 Å². The number of fused-ring (bicyclic) bond motifs is 1. The van der Waals surface area contributed by atoms with E-state index in [1.807, 2.05) is 51.1 Å². The van der Waals surface area contributed by atoms with Gasteiger partial charge in [0.15, 0.2) is 0 Å². The molecule has 1 aromatic carbocycles. The van der Waals surface area contributed by atoms with E-state index < -0.39 is 0 Å². The van der Waals surface area contributed by atoms with Crippen LogP contribution in [0.2, 0.25) is 5.02 Å². The number of halogens is 1. The largest absolute Gasteiger partial charge is 0.360 e. The van der Waals surface area contributed by atoms with E-state index in [0.717, 1.165) is 20.7 Å². The minimum atomic E-state index is -0.259. The first kappa shape index (κ1) is 17.6. The number of carbonyl (C=O) groups excluding carboxylic acids is 1. The zero-order valence-electron chi connectivity index (χ0n) is 14.3. The Morgan fingerprint density at radius 1 is 1.20 bits per heavy atom. The van der Waals surface area contributed by atoms with Gasteiger partial charge >= 0.3 is 0 Å². The predicted octanol–water partition coefficient (Wildman–Crippen LogP) is 4.34. The lowest BCUT2D eigenvalue weighted by Crippen LogP contribution is -2.43. The van der Waals surface area contributed by atoms with Crippen LogP contribution < -0.4 is 10.6 Å². The second-order valence-electron chi connectivity index (χ2n) is 6.71. The summed E-state index contributed by atoms with van der Waals surface area (Å²) in [4.78, 5) is 21.7. The summed E-state index contributed by atoms with van der Waals surface area (Å²) < 4.78 is 0.927. The van der Waals surface area contributed by atoms with Crippen molar-refractivity contribution < 1.29 is 4.79 Å². The molecule has 0 atom stereocenters. The molecule has 2 N–H and O–H groups in total. The number of nitrogens with one attached hydrogen (secondary N) is 2. The first-order valence-electron chi connectivity index (χ1n) is 7.87. The quantitative estimate of drug-likeness (QED) is 0.712. The van der Waals surface area contributed by atoms with Gasteiger partial charge in [0.25, 0.3) is 0 Å². The Bertz CT molecular complexity index is 900. The fourth-order valence-corrected chi connectivity index (χ4v) is 3.57. The van der Waals surface area contributed by atoms with Gasteiger partial charge in [-0.15, -0.1) is 11.3 Å². The molecule has 0 aliphatic carbocycles. The van der Waals surface area contributed by atoms with Gasteiger partial charge < -0.3 is 10.6 Å². The molecule has 2 aromatic heterocycles. The van der Waals surface area contributed by atoms with Crippen molar-refractivity contribution in [2.24, 2.45) is 0 Å². The van der Waals surface area contributed by atoms with E-state index >= 15 is 0 Å². The standard InChI is InChI=1S/C18H19ClN4OS/c1-18(2,3)23-15(24)9-20-17-16-13(21-10-22-17)8-14(25-16)11-4-6-12(19)7-5-11/h4-8,10H,9H2,1-3H3,(H,23,24)(H,20,21,22). The van der Waals surface area contributed by atoms with Crippen LogP contribution >= 0.6 is 22.9 Å². The molecule has 0 unspecified atom stereocenters. The first-order valence-corrected chi connectivity index (χ1v) is 9.07. The van der Waals surface area contributed by atoms with Gasteiger partial charge in [0, 0.05) is 15.4 Å². The van der Waals surface area contributed by atoms with Crippen molar-refractivity contribution in [1.82, 2.24) is 15.3 Å². The van der Waals surface area contributed by atoms with Crippen LogP contribution in [0.5, 0.6) is 0 Å². The van der Waals surface area contributed by atoms with E-state index in [2.05, 4.69) is 20.6 Å². The first-order chi connectivity index (χ1) is 11.8. The van der Waals surface area contributed by atoms with Crippen LogP contribution in [-0.2, 0) is 4.79 Å². The van der Waals surface area contributed by atoms with Gasteiger partial charge in [0.2, 0.25) is 5.91 Å². The molecule has 0 bridgehead atoms. The third-order valence-electron chi connectivity index (χ3n) is 3.37. The van der Waals surface area contributed by atoms with Crippen LogP contribution in [0.15, 0.2) is 36.7 Å². The lowest BCUT2D eigenvalue weighted by molar-refractivity contribution is -0.120. The van der Waals surface area contributed by atoms with E-state index in [4.69, 9.17) is 11.6 Å². The molecule has 0 saturated heterocycles. The summed E-state index contributed by atoms with van der Waals surface area (Å²) in [5.74, 6) is 0.591. The second-order valence-corrected chi connectivity index (χ2v) is 8.19. The molecular formula is C18H19ClN4OS. The minimum Gasteiger partial charge on any atom is -0.360 e. The van der Waals surface area contributed by atoms with Crippen LogP contribution in [0.3, 0.4) is 0 Å². The highest BCUT2D eigenvalue weighted by Crippen LogP contribution is 2.35. The van der Waals surface area contributed by atoms with E-state index in [1.165, 1.54) is 6.33 Å². The minimum absolute atomic E-state index is 0.0752. The molecule has 0 aliphatic rings. The maximum Gasteiger partial charge on any atom is 0.239 e. The molecule has 5 nitrogen and oxygen atoms in total. The summed E-state index contributed by atoms with van der Waals surface area (Å²) in [7, 11) is 0. The van der Waals surface area contributed by atoms with Crippen molar-refractivity contribution >= 4 is 44.9 Å². The van der Waals surface area contributed by atoms with Crippen LogP contribution in [0.1, 0.15) is 20.8 Å². The van der Waals surface area contributed by atoms with Gasteiger partial charge in [-0.25, -0.2) is 9.97 Å². The Labute approximate surface area is 155 Å². The summed E-state index contributed by atoms with van der Waals surface area (Å²) in [6.07, 6.45) is 1.50. The van der Waals surface area contributed by atoms with Crippen LogP contribution in [0.4, 0.5) is 5.82 Å². The topological polar surface area (TPSA) is 66.9 Å². The lowest BCUT2D eigenvalue weighted by atomic mass is 10.1. The normalized spacial score (nSPS) is 11.5. The maximum atomic E-state index is 12.0. The monoisotopic (exact) mass is 374 g/mol. The van der Waals surface area contributed by atoms with E-state index in [1.54, 1.807) is 11.3 Å². The molecule has 0 saturated carbocycles. The Morgan fingerprint density at radius 2 is 1.92 bits per heavy atom. The number of anilines is 1. The molecule has 0 spiro atoms. The Morgan fingerprint density at radius 3 is 2.60 bits per heavy atom. The molecule has 130 valence electrons. The van der Waals surface area contributed by atoms with Gasteiger partial charge in [-0.3, -0.25) is 4.79 Å². The Balaban J connectivity index is 1.82.